The van der Waals surface area contributed by atoms with Crippen molar-refractivity contribution in [3.05, 3.63) is 23.3 Å². The zero-order chi connectivity index (χ0) is 13.3. The summed E-state index contributed by atoms with van der Waals surface area (Å²) in [6.07, 6.45) is 0.556. The zero-order valence-corrected chi connectivity index (χ0v) is 10.9. The Bertz CT molecular complexity index is 467. The molecular weight excluding hydrogens is 232 g/mol. The van der Waals surface area contributed by atoms with Crippen molar-refractivity contribution in [2.75, 3.05) is 14.2 Å². The van der Waals surface area contributed by atoms with Gasteiger partial charge in [0.1, 0.15) is 17.3 Å². The van der Waals surface area contributed by atoms with E-state index in [2.05, 4.69) is 0 Å². The van der Waals surface area contributed by atoms with Gasteiger partial charge in [-0.25, -0.2) is 0 Å². The van der Waals surface area contributed by atoms with E-state index >= 15 is 0 Å². The predicted molar refractivity (Wildman–Crippen MR) is 67.0 cm³/mol. The number of carbonyl (C=O) groups excluding carboxylic acids is 1. The van der Waals surface area contributed by atoms with Crippen LogP contribution in [-0.4, -0.2) is 25.1 Å². The average Bonchev–Trinajstić information content (AvgIpc) is 2.37. The lowest BCUT2D eigenvalue weighted by Crippen LogP contribution is -2.26. The van der Waals surface area contributed by atoms with Crippen LogP contribution >= 0.6 is 0 Å². The molecule has 1 N–H and O–H groups in total. The number of carbonyl (C=O) groups is 1. The number of Topliss-reactive ketones (excluding diaryl/α,β-unsaturated/α-hetero) is 1. The van der Waals surface area contributed by atoms with E-state index in [9.17, 15) is 9.90 Å². The molecule has 0 bridgehead atoms. The summed E-state index contributed by atoms with van der Waals surface area (Å²) in [6.45, 7) is 1.52. The monoisotopic (exact) mass is 250 g/mol. The zero-order valence-electron chi connectivity index (χ0n) is 10.9. The Balaban J connectivity index is 2.54. The average molecular weight is 250 g/mol. The number of methoxy groups -OCH3 is 2. The standard InChI is InChI=1S/C14H18O4/c1-8(15)9-4-5-10-11(17-2)6-7-12(18-3)13(10)14(9)16/h6-7,9,14,16H,4-5H2,1-3H3. The molecule has 0 saturated carbocycles. The maximum Gasteiger partial charge on any atom is 0.135 e. The Morgan fingerprint density at radius 1 is 1.28 bits per heavy atom. The van der Waals surface area contributed by atoms with Crippen molar-refractivity contribution < 1.29 is 19.4 Å². The molecule has 18 heavy (non-hydrogen) atoms. The van der Waals surface area contributed by atoms with Crippen molar-refractivity contribution in [3.63, 3.8) is 0 Å². The van der Waals surface area contributed by atoms with Gasteiger partial charge in [-0.05, 0) is 31.9 Å². The summed E-state index contributed by atoms with van der Waals surface area (Å²) in [5.74, 6) is 1.02. The van der Waals surface area contributed by atoms with E-state index in [1.54, 1.807) is 20.3 Å². The number of rotatable bonds is 3. The third-order valence-electron chi connectivity index (χ3n) is 3.62. The molecule has 0 amide bonds. The van der Waals surface area contributed by atoms with Gasteiger partial charge in [0.2, 0.25) is 0 Å². The van der Waals surface area contributed by atoms with E-state index in [4.69, 9.17) is 9.47 Å². The fourth-order valence-corrected chi connectivity index (χ4v) is 2.66. The molecule has 0 aliphatic heterocycles. The third kappa shape index (κ3) is 1.97. The van der Waals surface area contributed by atoms with Crippen LogP contribution in [0.2, 0.25) is 0 Å². The van der Waals surface area contributed by atoms with Gasteiger partial charge in [0, 0.05) is 17.0 Å². The van der Waals surface area contributed by atoms with Crippen molar-refractivity contribution >= 4 is 5.78 Å². The lowest BCUT2D eigenvalue weighted by atomic mass is 9.79. The number of benzene rings is 1. The topological polar surface area (TPSA) is 55.8 Å². The van der Waals surface area contributed by atoms with E-state index in [0.29, 0.717) is 17.7 Å². The first-order valence-corrected chi connectivity index (χ1v) is 6.02. The van der Waals surface area contributed by atoms with E-state index in [1.165, 1.54) is 6.92 Å². The van der Waals surface area contributed by atoms with Gasteiger partial charge in [-0.2, -0.15) is 0 Å². The van der Waals surface area contributed by atoms with E-state index < -0.39 is 6.10 Å². The SMILES string of the molecule is COc1ccc(OC)c2c1CCC(C(C)=O)C2O. The Hall–Kier alpha value is -1.55. The minimum Gasteiger partial charge on any atom is -0.496 e. The van der Waals surface area contributed by atoms with E-state index in [0.717, 1.165) is 17.7 Å². The van der Waals surface area contributed by atoms with Crippen molar-refractivity contribution in [2.45, 2.75) is 25.9 Å². The van der Waals surface area contributed by atoms with Crippen LogP contribution in [0.1, 0.15) is 30.6 Å². The Morgan fingerprint density at radius 2 is 1.89 bits per heavy atom. The highest BCUT2D eigenvalue weighted by Crippen LogP contribution is 2.43. The van der Waals surface area contributed by atoms with E-state index in [1.807, 2.05) is 6.07 Å². The molecule has 2 rings (SSSR count). The molecule has 4 nitrogen and oxygen atoms in total. The maximum absolute atomic E-state index is 11.5. The molecular formula is C14H18O4. The van der Waals surface area contributed by atoms with Gasteiger partial charge in [-0.3, -0.25) is 4.79 Å². The minimum absolute atomic E-state index is 0.0121. The quantitative estimate of drug-likeness (QED) is 0.890. The number of aliphatic hydroxyl groups is 1. The highest BCUT2D eigenvalue weighted by Gasteiger charge is 2.34. The van der Waals surface area contributed by atoms with Crippen LogP contribution in [0.4, 0.5) is 0 Å². The van der Waals surface area contributed by atoms with E-state index in [-0.39, 0.29) is 11.7 Å². The summed E-state index contributed by atoms with van der Waals surface area (Å²) in [7, 11) is 3.16. The van der Waals surface area contributed by atoms with Gasteiger partial charge >= 0.3 is 0 Å². The molecule has 1 aliphatic carbocycles. The third-order valence-corrected chi connectivity index (χ3v) is 3.62. The summed E-state index contributed by atoms with van der Waals surface area (Å²) in [5, 5.41) is 10.4. The minimum atomic E-state index is -0.809. The lowest BCUT2D eigenvalue weighted by molar-refractivity contribution is -0.125. The molecule has 2 unspecified atom stereocenters. The smallest absolute Gasteiger partial charge is 0.135 e. The van der Waals surface area contributed by atoms with Gasteiger partial charge in [-0.1, -0.05) is 0 Å². The highest BCUT2D eigenvalue weighted by molar-refractivity contribution is 5.80. The Kier molecular flexibility index (Phi) is 3.57. The van der Waals surface area contributed by atoms with Crippen molar-refractivity contribution in [2.24, 2.45) is 5.92 Å². The summed E-state index contributed by atoms with van der Waals surface area (Å²) in [5.41, 5.74) is 1.64. The predicted octanol–water partition coefficient (Wildman–Crippen LogP) is 1.89. The number of ketones is 1. The van der Waals surface area contributed by atoms with Gasteiger partial charge in [0.05, 0.1) is 20.3 Å². The number of hydrogen-bond donors (Lipinski definition) is 1. The highest BCUT2D eigenvalue weighted by atomic mass is 16.5. The van der Waals surface area contributed by atoms with Crippen LogP contribution in [0, 0.1) is 5.92 Å². The molecule has 0 radical (unpaired) electrons. The first-order valence-electron chi connectivity index (χ1n) is 6.02. The first-order chi connectivity index (χ1) is 8.60. The normalized spacial score (nSPS) is 22.2. The number of ether oxygens (including phenoxy) is 2. The molecule has 0 saturated heterocycles. The molecule has 1 aliphatic rings. The van der Waals surface area contributed by atoms with Crippen molar-refractivity contribution in [1.82, 2.24) is 0 Å². The van der Waals surface area contributed by atoms with Crippen LogP contribution in [0.3, 0.4) is 0 Å². The molecule has 0 spiro atoms. The van der Waals surface area contributed by atoms with Gasteiger partial charge < -0.3 is 14.6 Å². The fraction of sp³-hybridized carbons (Fsp3) is 0.500. The summed E-state index contributed by atoms with van der Waals surface area (Å²) < 4.78 is 10.6. The summed E-state index contributed by atoms with van der Waals surface area (Å²) in [4.78, 5) is 11.5. The Labute approximate surface area is 107 Å². The first kappa shape index (κ1) is 12.9. The number of hydrogen-bond acceptors (Lipinski definition) is 4. The largest absolute Gasteiger partial charge is 0.496 e. The number of aliphatic hydroxyl groups excluding tert-OH is 1. The lowest BCUT2D eigenvalue weighted by Gasteiger charge is -2.30. The number of fused-ring (bicyclic) bond motifs is 1. The molecule has 0 aromatic heterocycles. The van der Waals surface area contributed by atoms with Crippen molar-refractivity contribution in [3.8, 4) is 11.5 Å². The van der Waals surface area contributed by atoms with Gasteiger partial charge in [-0.15, -0.1) is 0 Å². The second-order valence-electron chi connectivity index (χ2n) is 4.56. The van der Waals surface area contributed by atoms with Crippen molar-refractivity contribution in [1.29, 1.82) is 0 Å². The molecule has 0 fully saturated rings. The van der Waals surface area contributed by atoms with Gasteiger partial charge in [0.25, 0.3) is 0 Å². The van der Waals surface area contributed by atoms with Crippen LogP contribution in [0.5, 0.6) is 11.5 Å². The second kappa shape index (κ2) is 4.98. The van der Waals surface area contributed by atoms with Gasteiger partial charge in [0.15, 0.2) is 0 Å². The fourth-order valence-electron chi connectivity index (χ4n) is 2.66. The summed E-state index contributed by atoms with van der Waals surface area (Å²) in [6, 6.07) is 3.60. The van der Waals surface area contributed by atoms with Crippen LogP contribution in [0.25, 0.3) is 0 Å². The maximum atomic E-state index is 11.5. The summed E-state index contributed by atoms with van der Waals surface area (Å²) >= 11 is 0. The molecule has 1 aromatic rings. The molecule has 98 valence electrons. The molecule has 2 atom stereocenters. The molecule has 4 heteroatoms. The Morgan fingerprint density at radius 3 is 2.44 bits per heavy atom. The van der Waals surface area contributed by atoms with Crippen LogP contribution < -0.4 is 9.47 Å². The second-order valence-corrected chi connectivity index (χ2v) is 4.56. The van der Waals surface area contributed by atoms with Crippen LogP contribution in [-0.2, 0) is 11.2 Å². The molecule has 0 heterocycles. The van der Waals surface area contributed by atoms with Crippen LogP contribution in [0.15, 0.2) is 12.1 Å². The molecule has 1 aromatic carbocycles.